The lowest BCUT2D eigenvalue weighted by Gasteiger charge is -2.43. The van der Waals surface area contributed by atoms with Gasteiger partial charge in [0.05, 0.1) is 0 Å². The second-order valence-electron chi connectivity index (χ2n) is 10.0. The molecular weight excluding hydrogens is 492 g/mol. The summed E-state index contributed by atoms with van der Waals surface area (Å²) in [5.74, 6) is 0.457. The fourth-order valence-corrected chi connectivity index (χ4v) is 9.40. The summed E-state index contributed by atoms with van der Waals surface area (Å²) in [4.78, 5) is 26.6. The molecule has 3 aromatic rings. The van der Waals surface area contributed by atoms with Crippen LogP contribution in [-0.4, -0.2) is 54.9 Å². The third kappa shape index (κ3) is 5.13. The van der Waals surface area contributed by atoms with Crippen LogP contribution in [0.2, 0.25) is 10.1 Å². The Kier molecular flexibility index (Phi) is 7.43. The van der Waals surface area contributed by atoms with Crippen molar-refractivity contribution >= 4 is 42.3 Å². The van der Waals surface area contributed by atoms with Crippen LogP contribution in [0.4, 0.5) is 4.79 Å². The van der Waals surface area contributed by atoms with Crippen molar-refractivity contribution < 1.29 is 19.1 Å². The molecule has 0 bridgehead atoms. The van der Waals surface area contributed by atoms with Gasteiger partial charge >= 0.3 is 14.4 Å². The molecule has 1 aliphatic heterocycles. The maximum atomic E-state index is 12.6. The highest BCUT2D eigenvalue weighted by atomic mass is 35.5. The zero-order valence-corrected chi connectivity index (χ0v) is 22.5. The zero-order chi connectivity index (χ0) is 25.9. The summed E-state index contributed by atoms with van der Waals surface area (Å²) in [6, 6.07) is 26.4. The van der Waals surface area contributed by atoms with E-state index in [1.165, 1.54) is 10.4 Å². The van der Waals surface area contributed by atoms with Crippen LogP contribution in [-0.2, 0) is 11.3 Å². The molecule has 2 amide bonds. The van der Waals surface area contributed by atoms with Gasteiger partial charge in [-0.1, -0.05) is 93.0 Å². The van der Waals surface area contributed by atoms with Gasteiger partial charge in [-0.15, -0.1) is 0 Å². The van der Waals surface area contributed by atoms with E-state index < -0.39 is 14.4 Å². The normalized spacial score (nSPS) is 14.6. The van der Waals surface area contributed by atoms with Gasteiger partial charge in [0.25, 0.3) is 0 Å². The van der Waals surface area contributed by atoms with Crippen molar-refractivity contribution in [3.05, 3.63) is 89.4 Å². The predicted molar refractivity (Wildman–Crippen MR) is 145 cm³/mol. The minimum atomic E-state index is -2.81. The summed E-state index contributed by atoms with van der Waals surface area (Å²) >= 11 is 6.55. The van der Waals surface area contributed by atoms with Crippen LogP contribution >= 0.6 is 11.6 Å². The molecule has 1 fully saturated rings. The van der Waals surface area contributed by atoms with E-state index in [4.69, 9.17) is 16.0 Å². The Morgan fingerprint density at radius 1 is 0.972 bits per heavy atom. The van der Waals surface area contributed by atoms with Crippen molar-refractivity contribution in [3.8, 4) is 5.75 Å². The van der Waals surface area contributed by atoms with Crippen LogP contribution in [0.1, 0.15) is 26.3 Å². The van der Waals surface area contributed by atoms with Gasteiger partial charge in [-0.3, -0.25) is 9.69 Å². The summed E-state index contributed by atoms with van der Waals surface area (Å²) in [6.45, 7) is 7.40. The highest BCUT2D eigenvalue weighted by Gasteiger charge is 2.52. The first-order valence-electron chi connectivity index (χ1n) is 12.0. The Balaban J connectivity index is 1.71. The number of nitrogens with zero attached hydrogens (tertiary/aromatic N) is 2. The number of hydrogen-bond donors (Lipinski definition) is 1. The highest BCUT2D eigenvalue weighted by molar-refractivity contribution is 7.00. The lowest BCUT2D eigenvalue weighted by atomic mass is 10.2. The van der Waals surface area contributed by atoms with E-state index in [1.807, 2.05) is 54.6 Å². The molecular formula is C28H31ClN2O4Si. The van der Waals surface area contributed by atoms with E-state index in [9.17, 15) is 14.7 Å². The Hall–Kier alpha value is -3.29. The average molecular weight is 523 g/mol. The Labute approximate surface area is 218 Å². The molecule has 0 radical (unpaired) electrons. The maximum absolute atomic E-state index is 12.6. The molecule has 0 saturated carbocycles. The topological polar surface area (TPSA) is 70.1 Å². The fourth-order valence-electron chi connectivity index (χ4n) is 4.81. The third-order valence-electron chi connectivity index (χ3n) is 6.66. The average Bonchev–Trinajstić information content (AvgIpc) is 2.85. The first kappa shape index (κ1) is 25.8. The fraction of sp³-hybridized carbons (Fsp3) is 0.286. The van der Waals surface area contributed by atoms with Crippen molar-refractivity contribution in [3.63, 3.8) is 0 Å². The van der Waals surface area contributed by atoms with Crippen molar-refractivity contribution in [2.24, 2.45) is 0 Å². The summed E-state index contributed by atoms with van der Waals surface area (Å²) in [6.07, 6.45) is -1.08. The van der Waals surface area contributed by atoms with Gasteiger partial charge in [-0.25, -0.2) is 4.79 Å². The molecule has 1 aliphatic rings. The largest absolute Gasteiger partial charge is 0.534 e. The molecule has 1 N–H and O–H groups in total. The van der Waals surface area contributed by atoms with Crippen LogP contribution in [0.25, 0.3) is 0 Å². The number of hydrogen-bond acceptors (Lipinski definition) is 3. The molecule has 6 nitrogen and oxygen atoms in total. The molecule has 0 atom stereocenters. The number of piperazine rings is 1. The van der Waals surface area contributed by atoms with Gasteiger partial charge in [-0.2, -0.15) is 0 Å². The minimum Gasteiger partial charge on any atom is -0.534 e. The predicted octanol–water partition coefficient (Wildman–Crippen LogP) is 4.60. The first-order chi connectivity index (χ1) is 17.1. The van der Waals surface area contributed by atoms with E-state index in [-0.39, 0.29) is 24.0 Å². The first-order valence-corrected chi connectivity index (χ1v) is 14.2. The van der Waals surface area contributed by atoms with Crippen molar-refractivity contribution in [1.29, 1.82) is 0 Å². The minimum absolute atomic E-state index is 0.148. The monoisotopic (exact) mass is 522 g/mol. The molecule has 0 aromatic heterocycles. The number of halogens is 1. The van der Waals surface area contributed by atoms with Gasteiger partial charge in [-0.05, 0) is 39.2 Å². The second kappa shape index (κ2) is 10.4. The third-order valence-corrected chi connectivity index (χ3v) is 12.0. The number of benzene rings is 3. The van der Waals surface area contributed by atoms with Gasteiger partial charge in [0, 0.05) is 24.7 Å². The SMILES string of the molecule is CC(C)(C)[Si](Oc1ccc(Cl)c(CN2CCN(C(=O)O)CC2=O)c1)(c1ccccc1)c1ccccc1. The number of rotatable bonds is 6. The Morgan fingerprint density at radius 2 is 1.56 bits per heavy atom. The molecule has 0 unspecified atom stereocenters. The molecule has 1 saturated heterocycles. The van der Waals surface area contributed by atoms with Crippen molar-refractivity contribution in [2.75, 3.05) is 19.6 Å². The lowest BCUT2D eigenvalue weighted by molar-refractivity contribution is -0.135. The number of amides is 2. The maximum Gasteiger partial charge on any atom is 0.407 e. The number of carbonyl (C=O) groups excluding carboxylic acids is 1. The van der Waals surface area contributed by atoms with Gasteiger partial charge in [0.15, 0.2) is 0 Å². The lowest BCUT2D eigenvalue weighted by Crippen LogP contribution is -2.68. The van der Waals surface area contributed by atoms with Crippen LogP contribution in [0, 0.1) is 0 Å². The molecule has 188 valence electrons. The van der Waals surface area contributed by atoms with Crippen molar-refractivity contribution in [2.45, 2.75) is 32.4 Å². The van der Waals surface area contributed by atoms with Gasteiger partial charge in [0.2, 0.25) is 5.91 Å². The molecule has 36 heavy (non-hydrogen) atoms. The number of carboxylic acid groups (broad SMARTS) is 1. The molecule has 4 rings (SSSR count). The zero-order valence-electron chi connectivity index (χ0n) is 20.8. The smallest absolute Gasteiger partial charge is 0.407 e. The molecule has 1 heterocycles. The molecule has 0 aliphatic carbocycles. The Morgan fingerprint density at radius 3 is 2.06 bits per heavy atom. The van der Waals surface area contributed by atoms with E-state index in [1.54, 1.807) is 4.90 Å². The summed E-state index contributed by atoms with van der Waals surface area (Å²) < 4.78 is 7.09. The van der Waals surface area contributed by atoms with Crippen molar-refractivity contribution in [1.82, 2.24) is 9.80 Å². The van der Waals surface area contributed by atoms with Crippen LogP contribution < -0.4 is 14.8 Å². The molecule has 3 aromatic carbocycles. The van der Waals surface area contributed by atoms with E-state index in [2.05, 4.69) is 45.0 Å². The Bertz CT molecular complexity index is 1190. The summed E-state index contributed by atoms with van der Waals surface area (Å²) in [7, 11) is -2.81. The molecule has 0 spiro atoms. The standard InChI is InChI=1S/C28H31ClN2O4Si/c1-28(2,3)36(23-10-6-4-7-11-23,24-12-8-5-9-13-24)35-22-14-15-25(29)21(18-22)19-30-16-17-31(27(33)34)20-26(30)32/h4-15,18H,16-17,19-20H2,1-3H3,(H,33,34). The summed E-state index contributed by atoms with van der Waals surface area (Å²) in [5, 5.41) is 11.9. The van der Waals surface area contributed by atoms with E-state index in [0.717, 1.165) is 10.5 Å². The van der Waals surface area contributed by atoms with Crippen LogP contribution in [0.5, 0.6) is 5.75 Å². The van der Waals surface area contributed by atoms with Gasteiger partial charge < -0.3 is 14.4 Å². The number of carbonyl (C=O) groups is 2. The quantitative estimate of drug-likeness (QED) is 0.480. The molecule has 8 heteroatoms. The van der Waals surface area contributed by atoms with Gasteiger partial charge in [0.1, 0.15) is 12.3 Å². The van der Waals surface area contributed by atoms with E-state index in [0.29, 0.717) is 23.9 Å². The highest BCUT2D eigenvalue weighted by Crippen LogP contribution is 2.38. The summed E-state index contributed by atoms with van der Waals surface area (Å²) in [5.41, 5.74) is 0.768. The van der Waals surface area contributed by atoms with E-state index >= 15 is 0 Å². The second-order valence-corrected chi connectivity index (χ2v) is 14.7. The van der Waals surface area contributed by atoms with Crippen LogP contribution in [0.15, 0.2) is 78.9 Å². The van der Waals surface area contributed by atoms with Crippen LogP contribution in [0.3, 0.4) is 0 Å².